The molecule has 1 nitrogen and oxygen atoms in total. The minimum absolute atomic E-state index is 0.0905. The number of rotatable bonds is 2. The largest absolute Gasteiger partial charge is 0.298 e. The van der Waals surface area contributed by atoms with Gasteiger partial charge in [-0.15, -0.1) is 0 Å². The fourth-order valence-electron chi connectivity index (χ4n) is 2.10. The first kappa shape index (κ1) is 12.1. The molecule has 1 heterocycles. The molecule has 1 aliphatic heterocycles. The van der Waals surface area contributed by atoms with Gasteiger partial charge in [-0.05, 0) is 24.9 Å². The summed E-state index contributed by atoms with van der Waals surface area (Å²) in [6, 6.07) is 7.05. The fraction of sp³-hybridized carbons (Fsp3) is 0.538. The van der Waals surface area contributed by atoms with Gasteiger partial charge < -0.3 is 0 Å². The highest BCUT2D eigenvalue weighted by Crippen LogP contribution is 2.24. The van der Waals surface area contributed by atoms with E-state index in [1.54, 1.807) is 6.07 Å². The van der Waals surface area contributed by atoms with Gasteiger partial charge in [-0.2, -0.15) is 0 Å². The highest BCUT2D eigenvalue weighted by Gasteiger charge is 2.24. The molecule has 0 amide bonds. The maximum absolute atomic E-state index is 13.5. The molecule has 0 saturated carbocycles. The number of halogens is 2. The second kappa shape index (κ2) is 5.28. The van der Waals surface area contributed by atoms with Crippen molar-refractivity contribution in [3.63, 3.8) is 0 Å². The average molecular weight is 286 g/mol. The first-order chi connectivity index (χ1) is 7.66. The first-order valence-corrected chi connectivity index (χ1v) is 6.68. The van der Waals surface area contributed by atoms with Crippen LogP contribution in [0, 0.1) is 11.7 Å². The van der Waals surface area contributed by atoms with Gasteiger partial charge in [0.1, 0.15) is 5.82 Å². The normalized spacial score (nSPS) is 26.9. The molecule has 2 atom stereocenters. The Morgan fingerprint density at radius 3 is 2.88 bits per heavy atom. The van der Waals surface area contributed by atoms with Crippen molar-refractivity contribution < 1.29 is 4.39 Å². The van der Waals surface area contributed by atoms with Gasteiger partial charge in [0, 0.05) is 23.5 Å². The third kappa shape index (κ3) is 2.83. The standard InChI is InChI=1S/C13H17BrFN/c1-10-6-7-16(9-12(10)14)8-11-4-2-3-5-13(11)15/h2-5,10,12H,6-9H2,1H3. The van der Waals surface area contributed by atoms with Crippen molar-refractivity contribution in [1.82, 2.24) is 4.90 Å². The summed E-state index contributed by atoms with van der Waals surface area (Å²) in [7, 11) is 0. The van der Waals surface area contributed by atoms with Crippen LogP contribution in [0.15, 0.2) is 24.3 Å². The summed E-state index contributed by atoms with van der Waals surface area (Å²) in [5.74, 6) is 0.629. The van der Waals surface area contributed by atoms with Crippen LogP contribution in [0.5, 0.6) is 0 Å². The fourth-order valence-corrected chi connectivity index (χ4v) is 2.77. The van der Waals surface area contributed by atoms with Crippen LogP contribution in [0.2, 0.25) is 0 Å². The molecule has 1 aromatic rings. The number of hydrogen-bond acceptors (Lipinski definition) is 1. The monoisotopic (exact) mass is 285 g/mol. The third-order valence-electron chi connectivity index (χ3n) is 3.30. The van der Waals surface area contributed by atoms with Crippen LogP contribution in [0.3, 0.4) is 0 Å². The number of hydrogen-bond donors (Lipinski definition) is 0. The summed E-state index contributed by atoms with van der Waals surface area (Å²) in [5.41, 5.74) is 0.803. The number of benzene rings is 1. The molecular weight excluding hydrogens is 269 g/mol. The Hall–Kier alpha value is -0.410. The van der Waals surface area contributed by atoms with Gasteiger partial charge in [-0.1, -0.05) is 41.1 Å². The van der Waals surface area contributed by atoms with Gasteiger partial charge >= 0.3 is 0 Å². The van der Waals surface area contributed by atoms with Crippen molar-refractivity contribution in [2.75, 3.05) is 13.1 Å². The summed E-state index contributed by atoms with van der Waals surface area (Å²) in [4.78, 5) is 2.85. The topological polar surface area (TPSA) is 3.24 Å². The van der Waals surface area contributed by atoms with Crippen LogP contribution in [0.4, 0.5) is 4.39 Å². The molecule has 3 heteroatoms. The quantitative estimate of drug-likeness (QED) is 0.753. The molecule has 0 bridgehead atoms. The Balaban J connectivity index is 1.98. The lowest BCUT2D eigenvalue weighted by molar-refractivity contribution is 0.192. The summed E-state index contributed by atoms with van der Waals surface area (Å²) in [6.45, 7) is 5.06. The molecule has 0 N–H and O–H groups in total. The maximum Gasteiger partial charge on any atom is 0.127 e. The smallest absolute Gasteiger partial charge is 0.127 e. The molecule has 2 rings (SSSR count). The number of alkyl halides is 1. The Kier molecular flexibility index (Phi) is 3.98. The SMILES string of the molecule is CC1CCN(Cc2ccccc2F)CC1Br. The Bertz CT molecular complexity index is 356. The van der Waals surface area contributed by atoms with Crippen molar-refractivity contribution in [3.8, 4) is 0 Å². The molecule has 0 radical (unpaired) electrons. The molecule has 0 aromatic heterocycles. The van der Waals surface area contributed by atoms with Crippen LogP contribution >= 0.6 is 15.9 Å². The Morgan fingerprint density at radius 1 is 1.44 bits per heavy atom. The zero-order chi connectivity index (χ0) is 11.5. The van der Waals surface area contributed by atoms with Crippen molar-refractivity contribution >= 4 is 15.9 Å². The molecule has 0 aliphatic carbocycles. The predicted octanol–water partition coefficient (Wildman–Crippen LogP) is 3.43. The lowest BCUT2D eigenvalue weighted by atomic mass is 9.98. The maximum atomic E-state index is 13.5. The van der Waals surface area contributed by atoms with Crippen molar-refractivity contribution in [2.45, 2.75) is 24.7 Å². The third-order valence-corrected chi connectivity index (χ3v) is 4.49. The molecule has 1 aliphatic rings. The van der Waals surface area contributed by atoms with E-state index in [0.717, 1.165) is 31.1 Å². The van der Waals surface area contributed by atoms with E-state index in [4.69, 9.17) is 0 Å². The van der Waals surface area contributed by atoms with Crippen LogP contribution in [-0.4, -0.2) is 22.8 Å². The van der Waals surface area contributed by atoms with E-state index in [0.29, 0.717) is 4.83 Å². The summed E-state index contributed by atoms with van der Waals surface area (Å²) in [6.07, 6.45) is 1.18. The predicted molar refractivity (Wildman–Crippen MR) is 68.2 cm³/mol. The van der Waals surface area contributed by atoms with Crippen LogP contribution in [0.1, 0.15) is 18.9 Å². The van der Waals surface area contributed by atoms with E-state index >= 15 is 0 Å². The van der Waals surface area contributed by atoms with Gasteiger partial charge in [-0.25, -0.2) is 4.39 Å². The zero-order valence-corrected chi connectivity index (χ0v) is 11.1. The average Bonchev–Trinajstić information content (AvgIpc) is 2.27. The van der Waals surface area contributed by atoms with Crippen LogP contribution in [-0.2, 0) is 6.54 Å². The van der Waals surface area contributed by atoms with E-state index < -0.39 is 0 Å². The second-order valence-corrected chi connectivity index (χ2v) is 5.78. The molecule has 1 aromatic carbocycles. The number of nitrogens with zero attached hydrogens (tertiary/aromatic N) is 1. The number of piperidine rings is 1. The minimum atomic E-state index is -0.0905. The van der Waals surface area contributed by atoms with Gasteiger partial charge in [0.05, 0.1) is 0 Å². The van der Waals surface area contributed by atoms with Crippen molar-refractivity contribution in [1.29, 1.82) is 0 Å². The van der Waals surface area contributed by atoms with Gasteiger partial charge in [0.2, 0.25) is 0 Å². The lowest BCUT2D eigenvalue weighted by Gasteiger charge is -2.34. The van der Waals surface area contributed by atoms with Crippen molar-refractivity contribution in [2.24, 2.45) is 5.92 Å². The van der Waals surface area contributed by atoms with E-state index in [9.17, 15) is 4.39 Å². The molecule has 1 fully saturated rings. The first-order valence-electron chi connectivity index (χ1n) is 5.76. The minimum Gasteiger partial charge on any atom is -0.298 e. The van der Waals surface area contributed by atoms with Crippen LogP contribution < -0.4 is 0 Å². The Morgan fingerprint density at radius 2 is 2.19 bits per heavy atom. The molecular formula is C13H17BrFN. The van der Waals surface area contributed by atoms with Gasteiger partial charge in [0.25, 0.3) is 0 Å². The summed E-state index contributed by atoms with van der Waals surface area (Å²) >= 11 is 3.69. The molecule has 1 saturated heterocycles. The van der Waals surface area contributed by atoms with Crippen LogP contribution in [0.25, 0.3) is 0 Å². The Labute approximate surface area is 105 Å². The summed E-state index contributed by atoms with van der Waals surface area (Å²) in [5, 5.41) is 0. The second-order valence-electron chi connectivity index (χ2n) is 4.61. The molecule has 88 valence electrons. The molecule has 2 unspecified atom stereocenters. The highest BCUT2D eigenvalue weighted by molar-refractivity contribution is 9.09. The van der Waals surface area contributed by atoms with Gasteiger partial charge in [0.15, 0.2) is 0 Å². The van der Waals surface area contributed by atoms with Gasteiger partial charge in [-0.3, -0.25) is 4.90 Å². The highest BCUT2D eigenvalue weighted by atomic mass is 79.9. The summed E-state index contributed by atoms with van der Waals surface area (Å²) < 4.78 is 13.5. The molecule has 0 spiro atoms. The molecule has 16 heavy (non-hydrogen) atoms. The van der Waals surface area contributed by atoms with E-state index in [-0.39, 0.29) is 5.82 Å². The van der Waals surface area contributed by atoms with E-state index in [1.165, 1.54) is 12.5 Å². The van der Waals surface area contributed by atoms with E-state index in [2.05, 4.69) is 27.8 Å². The lowest BCUT2D eigenvalue weighted by Crippen LogP contribution is -2.39. The zero-order valence-electron chi connectivity index (χ0n) is 9.50. The van der Waals surface area contributed by atoms with E-state index in [1.807, 2.05) is 12.1 Å². The van der Waals surface area contributed by atoms with Crippen molar-refractivity contribution in [3.05, 3.63) is 35.6 Å². The number of likely N-dealkylation sites (tertiary alicyclic amines) is 1.